The summed E-state index contributed by atoms with van der Waals surface area (Å²) in [4.78, 5) is 29.1. The van der Waals surface area contributed by atoms with E-state index in [2.05, 4.69) is 4.90 Å². The van der Waals surface area contributed by atoms with Gasteiger partial charge in [0.2, 0.25) is 0 Å². The van der Waals surface area contributed by atoms with Crippen molar-refractivity contribution in [3.05, 3.63) is 33.3 Å². The number of carbonyl (C=O) groups excluding carboxylic acids is 1. The van der Waals surface area contributed by atoms with Crippen LogP contribution in [0.15, 0.2) is 18.2 Å². The molecule has 4 fully saturated rings. The molecule has 4 saturated heterocycles. The molecule has 0 aliphatic carbocycles. The van der Waals surface area contributed by atoms with Crippen LogP contribution in [0.5, 0.6) is 0 Å². The number of nitro groups is 1. The van der Waals surface area contributed by atoms with Gasteiger partial charge in [0.05, 0.1) is 15.6 Å². The number of hydrogen-bond acceptors (Lipinski definition) is 6. The number of piperidine rings is 3. The molecule has 0 unspecified atom stereocenters. The molecule has 2 bridgehead atoms. The first-order valence-corrected chi connectivity index (χ1v) is 9.76. The van der Waals surface area contributed by atoms with Gasteiger partial charge >= 0.3 is 6.09 Å². The monoisotopic (exact) mass is 394 g/mol. The van der Waals surface area contributed by atoms with Gasteiger partial charge in [0.25, 0.3) is 5.69 Å². The van der Waals surface area contributed by atoms with E-state index >= 15 is 0 Å². The van der Waals surface area contributed by atoms with E-state index < -0.39 is 4.92 Å². The first-order chi connectivity index (χ1) is 13.0. The molecule has 1 aromatic carbocycles. The maximum absolute atomic E-state index is 12.5. The second-order valence-electron chi connectivity index (χ2n) is 7.43. The van der Waals surface area contributed by atoms with Crippen LogP contribution in [0, 0.1) is 16.0 Å². The Morgan fingerprint density at radius 1 is 1.15 bits per heavy atom. The molecular weight excluding hydrogens is 372 g/mol. The van der Waals surface area contributed by atoms with Crippen LogP contribution in [0.4, 0.5) is 16.2 Å². The number of fused-ring (bicyclic) bond motifs is 3. The molecule has 1 aromatic rings. The predicted octanol–water partition coefficient (Wildman–Crippen LogP) is 2.60. The van der Waals surface area contributed by atoms with Gasteiger partial charge in [0.15, 0.2) is 0 Å². The number of anilines is 1. The van der Waals surface area contributed by atoms with Crippen LogP contribution < -0.4 is 4.90 Å². The lowest BCUT2D eigenvalue weighted by Crippen LogP contribution is -2.54. The molecule has 1 atom stereocenters. The molecule has 0 saturated carbocycles. The number of halogens is 1. The van der Waals surface area contributed by atoms with E-state index in [0.717, 1.165) is 38.2 Å². The normalized spacial score (nSPS) is 27.5. The molecule has 4 heterocycles. The maximum Gasteiger partial charge on any atom is 0.410 e. The van der Waals surface area contributed by atoms with Gasteiger partial charge in [-0.05, 0) is 37.9 Å². The summed E-state index contributed by atoms with van der Waals surface area (Å²) in [6.45, 7) is 5.43. The number of nitro benzene ring substituents is 1. The number of benzene rings is 1. The Kier molecular flexibility index (Phi) is 5.10. The predicted molar refractivity (Wildman–Crippen MR) is 101 cm³/mol. The number of nitrogens with zero attached hydrogens (tertiary/aromatic N) is 4. The fraction of sp³-hybridized carbons (Fsp3) is 0.611. The van der Waals surface area contributed by atoms with Gasteiger partial charge in [-0.1, -0.05) is 11.6 Å². The molecular formula is C18H23ClN4O4. The Hall–Kier alpha value is -2.06. The van der Waals surface area contributed by atoms with Gasteiger partial charge in [-0.25, -0.2) is 4.79 Å². The van der Waals surface area contributed by atoms with Crippen LogP contribution in [-0.4, -0.2) is 72.7 Å². The number of amides is 1. The van der Waals surface area contributed by atoms with Crippen molar-refractivity contribution in [1.82, 2.24) is 9.80 Å². The Balaban J connectivity index is 1.32. The number of rotatable bonds is 3. The van der Waals surface area contributed by atoms with Crippen LogP contribution in [0.3, 0.4) is 0 Å². The molecule has 8 nitrogen and oxygen atoms in total. The highest BCUT2D eigenvalue weighted by molar-refractivity contribution is 6.33. The lowest BCUT2D eigenvalue weighted by molar-refractivity contribution is -0.384. The van der Waals surface area contributed by atoms with E-state index in [9.17, 15) is 14.9 Å². The average Bonchev–Trinajstić information content (AvgIpc) is 2.69. The summed E-state index contributed by atoms with van der Waals surface area (Å²) in [6.07, 6.45) is 2.01. The van der Waals surface area contributed by atoms with E-state index in [1.54, 1.807) is 11.0 Å². The zero-order valence-electron chi connectivity index (χ0n) is 15.1. The molecule has 4 aliphatic heterocycles. The van der Waals surface area contributed by atoms with Crippen molar-refractivity contribution in [1.29, 1.82) is 0 Å². The third kappa shape index (κ3) is 3.82. The maximum atomic E-state index is 12.5. The summed E-state index contributed by atoms with van der Waals surface area (Å²) < 4.78 is 5.80. The minimum atomic E-state index is -0.460. The Morgan fingerprint density at radius 2 is 1.85 bits per heavy atom. The number of non-ortho nitro benzene ring substituents is 1. The van der Waals surface area contributed by atoms with Gasteiger partial charge in [0, 0.05) is 44.9 Å². The third-order valence-corrected chi connectivity index (χ3v) is 6.17. The van der Waals surface area contributed by atoms with Crippen molar-refractivity contribution in [3.8, 4) is 0 Å². The van der Waals surface area contributed by atoms with E-state index in [1.807, 2.05) is 4.90 Å². The Bertz CT molecular complexity index is 730. The summed E-state index contributed by atoms with van der Waals surface area (Å²) in [7, 11) is 0. The van der Waals surface area contributed by atoms with Crippen LogP contribution in [0.2, 0.25) is 5.02 Å². The van der Waals surface area contributed by atoms with Gasteiger partial charge in [-0.15, -0.1) is 0 Å². The zero-order valence-corrected chi connectivity index (χ0v) is 15.8. The van der Waals surface area contributed by atoms with Crippen molar-refractivity contribution in [3.63, 3.8) is 0 Å². The molecule has 5 rings (SSSR count). The first kappa shape index (κ1) is 18.3. The van der Waals surface area contributed by atoms with E-state index in [-0.39, 0.29) is 17.9 Å². The van der Waals surface area contributed by atoms with Crippen LogP contribution in [0.1, 0.15) is 12.8 Å². The molecule has 0 N–H and O–H groups in total. The Morgan fingerprint density at radius 3 is 2.41 bits per heavy atom. The van der Waals surface area contributed by atoms with Gasteiger partial charge < -0.3 is 14.5 Å². The second kappa shape index (κ2) is 7.52. The second-order valence-corrected chi connectivity index (χ2v) is 7.83. The number of ether oxygens (including phenoxy) is 1. The van der Waals surface area contributed by atoms with Crippen molar-refractivity contribution < 1.29 is 14.5 Å². The fourth-order valence-corrected chi connectivity index (χ4v) is 4.54. The summed E-state index contributed by atoms with van der Waals surface area (Å²) in [5, 5.41) is 11.2. The summed E-state index contributed by atoms with van der Waals surface area (Å²) in [5.41, 5.74) is 0.733. The van der Waals surface area contributed by atoms with Gasteiger partial charge in [0.1, 0.15) is 6.10 Å². The van der Waals surface area contributed by atoms with Crippen molar-refractivity contribution in [2.24, 2.45) is 5.92 Å². The minimum absolute atomic E-state index is 0.0159. The summed E-state index contributed by atoms with van der Waals surface area (Å²) >= 11 is 6.21. The molecule has 146 valence electrons. The van der Waals surface area contributed by atoms with Crippen LogP contribution >= 0.6 is 11.6 Å². The largest absolute Gasteiger partial charge is 0.444 e. The summed E-state index contributed by atoms with van der Waals surface area (Å²) in [5.74, 6) is 0.499. The number of piperazine rings is 1. The third-order valence-electron chi connectivity index (χ3n) is 5.87. The lowest BCUT2D eigenvalue weighted by Gasteiger charge is -2.44. The van der Waals surface area contributed by atoms with Crippen molar-refractivity contribution in [2.75, 3.05) is 50.7 Å². The standard InChI is InChI=1S/C18H23ClN4O4/c19-15-11-14(23(25)26)1-2-16(15)21-7-9-22(10-8-21)18(24)27-17-12-20-5-3-13(17)4-6-20/h1-2,11,13,17H,3-10,12H2/t17-/m1/s1. The van der Waals surface area contributed by atoms with Crippen molar-refractivity contribution in [2.45, 2.75) is 18.9 Å². The molecule has 0 radical (unpaired) electrons. The smallest absolute Gasteiger partial charge is 0.410 e. The van der Waals surface area contributed by atoms with E-state index in [4.69, 9.17) is 16.3 Å². The highest BCUT2D eigenvalue weighted by atomic mass is 35.5. The quantitative estimate of drug-likeness (QED) is 0.579. The molecule has 0 aromatic heterocycles. The molecule has 1 amide bonds. The molecule has 9 heteroatoms. The van der Waals surface area contributed by atoms with Crippen molar-refractivity contribution >= 4 is 29.1 Å². The zero-order chi connectivity index (χ0) is 19.0. The highest BCUT2D eigenvalue weighted by Crippen LogP contribution is 2.32. The molecule has 4 aliphatic rings. The molecule has 27 heavy (non-hydrogen) atoms. The fourth-order valence-electron chi connectivity index (χ4n) is 4.24. The lowest BCUT2D eigenvalue weighted by atomic mass is 9.86. The summed E-state index contributed by atoms with van der Waals surface area (Å²) in [6, 6.07) is 4.49. The first-order valence-electron chi connectivity index (χ1n) is 9.38. The highest BCUT2D eigenvalue weighted by Gasteiger charge is 2.37. The Labute approximate surface area is 162 Å². The molecule has 0 spiro atoms. The minimum Gasteiger partial charge on any atom is -0.444 e. The average molecular weight is 395 g/mol. The van der Waals surface area contributed by atoms with E-state index in [0.29, 0.717) is 37.1 Å². The number of hydrogen-bond donors (Lipinski definition) is 0. The van der Waals surface area contributed by atoms with Gasteiger partial charge in [-0.3, -0.25) is 15.0 Å². The number of carbonyl (C=O) groups is 1. The SMILES string of the molecule is O=C(O[C@@H]1CN2CCC1CC2)N1CCN(c2ccc([N+](=O)[O-])cc2Cl)CC1. The van der Waals surface area contributed by atoms with E-state index in [1.165, 1.54) is 12.1 Å². The van der Waals surface area contributed by atoms with Crippen LogP contribution in [-0.2, 0) is 4.74 Å². The topological polar surface area (TPSA) is 79.2 Å². The van der Waals surface area contributed by atoms with Gasteiger partial charge in [-0.2, -0.15) is 0 Å². The van der Waals surface area contributed by atoms with Crippen LogP contribution in [0.25, 0.3) is 0 Å².